The molecule has 0 saturated heterocycles. The summed E-state index contributed by atoms with van der Waals surface area (Å²) < 4.78 is 6.49. The second kappa shape index (κ2) is 5.51. The molecule has 0 bridgehead atoms. The number of ketones is 1. The molecule has 0 atom stereocenters. The van der Waals surface area contributed by atoms with Crippen molar-refractivity contribution in [3.8, 4) is 0 Å². The van der Waals surface area contributed by atoms with Crippen LogP contribution in [0.2, 0.25) is 4.34 Å². The molecule has 0 spiro atoms. The fourth-order valence-corrected chi connectivity index (χ4v) is 3.58. The van der Waals surface area contributed by atoms with Crippen LogP contribution in [0, 0.1) is 0 Å². The molecule has 0 aliphatic heterocycles. The number of thiophene rings is 1. The number of Topliss-reactive ketones (excluding diaryl/α,β-unsaturated/α-hetero) is 1. The van der Waals surface area contributed by atoms with Crippen molar-refractivity contribution in [1.82, 2.24) is 0 Å². The first-order chi connectivity index (χ1) is 8.16. The zero-order valence-electron chi connectivity index (χ0n) is 10.0. The maximum atomic E-state index is 12.4. The Balaban J connectivity index is 2.06. The molecular formula is C13H17ClO2S. The Morgan fingerprint density at radius 2 is 2.18 bits per heavy atom. The molecular weight excluding hydrogens is 256 g/mol. The summed E-state index contributed by atoms with van der Waals surface area (Å²) in [6.07, 6.45) is 4.39. The molecule has 1 aromatic heterocycles. The Morgan fingerprint density at radius 3 is 2.71 bits per heavy atom. The van der Waals surface area contributed by atoms with Crippen LogP contribution in [0.25, 0.3) is 0 Å². The Morgan fingerprint density at radius 1 is 1.47 bits per heavy atom. The van der Waals surface area contributed by atoms with Crippen LogP contribution in [-0.4, -0.2) is 18.0 Å². The lowest BCUT2D eigenvalue weighted by molar-refractivity contribution is -0.142. The number of hydrogen-bond donors (Lipinski definition) is 0. The van der Waals surface area contributed by atoms with Gasteiger partial charge in [-0.2, -0.15) is 0 Å². The van der Waals surface area contributed by atoms with Gasteiger partial charge in [0.15, 0.2) is 5.78 Å². The van der Waals surface area contributed by atoms with Gasteiger partial charge in [0.2, 0.25) is 0 Å². The number of carbonyl (C=O) groups is 1. The van der Waals surface area contributed by atoms with Crippen LogP contribution in [0.3, 0.4) is 0 Å². The van der Waals surface area contributed by atoms with Gasteiger partial charge in [-0.1, -0.05) is 11.6 Å². The fourth-order valence-electron chi connectivity index (χ4n) is 2.49. The summed E-state index contributed by atoms with van der Waals surface area (Å²) in [7, 11) is 0. The largest absolute Gasteiger partial charge is 0.367 e. The first-order valence-corrected chi connectivity index (χ1v) is 7.27. The van der Waals surface area contributed by atoms with Gasteiger partial charge in [0.05, 0.1) is 4.34 Å². The average Bonchev–Trinajstić information content (AvgIpc) is 2.89. The van der Waals surface area contributed by atoms with E-state index in [-0.39, 0.29) is 5.78 Å². The second-order valence-electron chi connectivity index (χ2n) is 4.44. The van der Waals surface area contributed by atoms with Gasteiger partial charge in [-0.05, 0) is 44.7 Å². The molecule has 0 N–H and O–H groups in total. The van der Waals surface area contributed by atoms with E-state index in [1.165, 1.54) is 11.3 Å². The molecule has 4 heteroatoms. The van der Waals surface area contributed by atoms with Crippen LogP contribution >= 0.6 is 22.9 Å². The standard InChI is InChI=1S/C13H17ClO2S/c1-2-16-13(7-3-4-8-13)11(15)9-10-5-6-12(14)17-10/h5-6H,2-4,7-9H2,1H3. The Hall–Kier alpha value is -0.380. The van der Waals surface area contributed by atoms with Crippen molar-refractivity contribution in [3.63, 3.8) is 0 Å². The van der Waals surface area contributed by atoms with E-state index in [4.69, 9.17) is 16.3 Å². The van der Waals surface area contributed by atoms with Crippen LogP contribution in [-0.2, 0) is 16.0 Å². The van der Waals surface area contributed by atoms with E-state index in [0.29, 0.717) is 13.0 Å². The van der Waals surface area contributed by atoms with Crippen molar-refractivity contribution < 1.29 is 9.53 Å². The molecule has 17 heavy (non-hydrogen) atoms. The zero-order chi connectivity index (χ0) is 12.3. The van der Waals surface area contributed by atoms with E-state index < -0.39 is 5.60 Å². The van der Waals surface area contributed by atoms with Crippen LogP contribution in [0.5, 0.6) is 0 Å². The maximum absolute atomic E-state index is 12.4. The smallest absolute Gasteiger partial charge is 0.169 e. The van der Waals surface area contributed by atoms with Crippen molar-refractivity contribution >= 4 is 28.7 Å². The summed E-state index contributed by atoms with van der Waals surface area (Å²) >= 11 is 7.36. The second-order valence-corrected chi connectivity index (χ2v) is 6.24. The van der Waals surface area contributed by atoms with Crippen molar-refractivity contribution in [3.05, 3.63) is 21.3 Å². The van der Waals surface area contributed by atoms with Gasteiger partial charge in [-0.15, -0.1) is 11.3 Å². The zero-order valence-corrected chi connectivity index (χ0v) is 11.6. The lowest BCUT2D eigenvalue weighted by Crippen LogP contribution is -2.39. The fraction of sp³-hybridized carbons (Fsp3) is 0.615. The molecule has 0 radical (unpaired) electrons. The molecule has 2 rings (SSSR count). The molecule has 1 saturated carbocycles. The highest BCUT2D eigenvalue weighted by atomic mass is 35.5. The van der Waals surface area contributed by atoms with Crippen molar-refractivity contribution in [1.29, 1.82) is 0 Å². The van der Waals surface area contributed by atoms with Crippen LogP contribution < -0.4 is 0 Å². The monoisotopic (exact) mass is 272 g/mol. The normalized spacial score (nSPS) is 18.5. The molecule has 0 unspecified atom stereocenters. The Labute approximate surface area is 111 Å². The van der Waals surface area contributed by atoms with E-state index >= 15 is 0 Å². The number of ether oxygens (including phenoxy) is 1. The van der Waals surface area contributed by atoms with E-state index in [1.807, 2.05) is 19.1 Å². The van der Waals surface area contributed by atoms with Crippen molar-refractivity contribution in [2.45, 2.75) is 44.6 Å². The average molecular weight is 273 g/mol. The molecule has 1 aromatic rings. The molecule has 0 aromatic carbocycles. The number of hydrogen-bond acceptors (Lipinski definition) is 3. The summed E-state index contributed by atoms with van der Waals surface area (Å²) in [5, 5.41) is 0. The first-order valence-electron chi connectivity index (χ1n) is 6.08. The van der Waals surface area contributed by atoms with Gasteiger partial charge in [0, 0.05) is 17.9 Å². The minimum Gasteiger partial charge on any atom is -0.367 e. The first kappa shape index (κ1) is 13.1. The lowest BCUT2D eigenvalue weighted by Gasteiger charge is -2.27. The molecule has 0 amide bonds. The third-order valence-corrected chi connectivity index (χ3v) is 4.53. The SMILES string of the molecule is CCOC1(C(=O)Cc2ccc(Cl)s2)CCCC1. The highest BCUT2D eigenvalue weighted by Crippen LogP contribution is 2.35. The predicted octanol–water partition coefficient (Wildman–Crippen LogP) is 3.86. The highest BCUT2D eigenvalue weighted by molar-refractivity contribution is 7.16. The van der Waals surface area contributed by atoms with E-state index in [9.17, 15) is 4.79 Å². The summed E-state index contributed by atoms with van der Waals surface area (Å²) in [4.78, 5) is 13.4. The van der Waals surface area contributed by atoms with E-state index in [1.54, 1.807) is 0 Å². The Kier molecular flexibility index (Phi) is 4.23. The predicted molar refractivity (Wildman–Crippen MR) is 70.9 cm³/mol. The molecule has 2 nitrogen and oxygen atoms in total. The summed E-state index contributed by atoms with van der Waals surface area (Å²) in [5.74, 6) is 0.218. The molecule has 1 fully saturated rings. The number of carbonyl (C=O) groups excluding carboxylic acids is 1. The van der Waals surface area contributed by atoms with Crippen LogP contribution in [0.1, 0.15) is 37.5 Å². The Bertz CT molecular complexity index is 394. The minimum absolute atomic E-state index is 0.218. The number of halogens is 1. The van der Waals surface area contributed by atoms with Crippen molar-refractivity contribution in [2.75, 3.05) is 6.61 Å². The molecule has 1 heterocycles. The molecule has 1 aliphatic rings. The summed E-state index contributed by atoms with van der Waals surface area (Å²) in [5.41, 5.74) is -0.509. The molecule has 1 aliphatic carbocycles. The van der Waals surface area contributed by atoms with Gasteiger partial charge in [-0.3, -0.25) is 4.79 Å². The van der Waals surface area contributed by atoms with E-state index in [0.717, 1.165) is 34.9 Å². The van der Waals surface area contributed by atoms with Gasteiger partial charge >= 0.3 is 0 Å². The third-order valence-electron chi connectivity index (χ3n) is 3.30. The highest BCUT2D eigenvalue weighted by Gasteiger charge is 2.41. The van der Waals surface area contributed by atoms with Gasteiger partial charge in [0.25, 0.3) is 0 Å². The van der Waals surface area contributed by atoms with E-state index in [2.05, 4.69) is 0 Å². The quantitative estimate of drug-likeness (QED) is 0.814. The maximum Gasteiger partial charge on any atom is 0.169 e. The summed E-state index contributed by atoms with van der Waals surface area (Å²) in [6, 6.07) is 3.77. The van der Waals surface area contributed by atoms with Crippen LogP contribution in [0.15, 0.2) is 12.1 Å². The van der Waals surface area contributed by atoms with Crippen LogP contribution in [0.4, 0.5) is 0 Å². The summed E-state index contributed by atoms with van der Waals surface area (Å²) in [6.45, 7) is 2.56. The lowest BCUT2D eigenvalue weighted by atomic mass is 9.93. The topological polar surface area (TPSA) is 26.3 Å². The third kappa shape index (κ3) is 2.90. The van der Waals surface area contributed by atoms with Crippen molar-refractivity contribution in [2.24, 2.45) is 0 Å². The van der Waals surface area contributed by atoms with Gasteiger partial charge in [-0.25, -0.2) is 0 Å². The van der Waals surface area contributed by atoms with Gasteiger partial charge in [0.1, 0.15) is 5.60 Å². The minimum atomic E-state index is -0.509. The van der Waals surface area contributed by atoms with Gasteiger partial charge < -0.3 is 4.74 Å². The molecule has 94 valence electrons. The number of rotatable bonds is 5.